The molecule has 0 aliphatic carbocycles. The molecular weight excluding hydrogens is 257 g/mol. The van der Waals surface area contributed by atoms with Gasteiger partial charge in [-0.1, -0.05) is 6.07 Å². The second kappa shape index (κ2) is 2.78. The lowest BCUT2D eigenvalue weighted by Crippen LogP contribution is -1.93. The largest absolute Gasteiger partial charge is 0.249 e. The van der Waals surface area contributed by atoms with Crippen LogP contribution in [0.1, 0.15) is 5.56 Å². The van der Waals surface area contributed by atoms with Crippen LogP contribution in [-0.2, 0) is 15.5 Å². The minimum atomic E-state index is -2.17. The topological polar surface area (TPSA) is 29.4 Å². The Kier molecular flexibility index (Phi) is 1.96. The highest BCUT2D eigenvalue weighted by molar-refractivity contribution is 9.10. The van der Waals surface area contributed by atoms with E-state index in [9.17, 15) is 8.60 Å². The van der Waals surface area contributed by atoms with Gasteiger partial charge in [-0.25, -0.2) is 8.60 Å². The molecule has 1 atom stereocenters. The van der Waals surface area contributed by atoms with E-state index in [0.29, 0.717) is 15.9 Å². The summed E-state index contributed by atoms with van der Waals surface area (Å²) in [6, 6.07) is 2.99. The van der Waals surface area contributed by atoms with Gasteiger partial charge in [0.25, 0.3) is 0 Å². The van der Waals surface area contributed by atoms with Gasteiger partial charge < -0.3 is 0 Å². The summed E-state index contributed by atoms with van der Waals surface area (Å²) in [7, 11) is -2.17. The van der Waals surface area contributed by atoms with Gasteiger partial charge in [0.1, 0.15) is 5.82 Å². The van der Waals surface area contributed by atoms with Crippen LogP contribution >= 0.6 is 15.9 Å². The third-order valence-electron chi connectivity index (χ3n) is 1.86. The monoisotopic (exact) mass is 263 g/mol. The molecule has 0 N–H and O–H groups in total. The summed E-state index contributed by atoms with van der Waals surface area (Å²) >= 11 is 3.09. The fourth-order valence-electron chi connectivity index (χ4n) is 1.31. The standard InChI is InChI=1S/C8H7BrFNOS/c1-13(12)4-5-2-3-6(10)7(9)8(5)11-13/h2-3H,4H2,1H3. The number of halogens is 2. The predicted octanol–water partition coefficient (Wildman–Crippen LogP) is 2.83. The quantitative estimate of drug-likeness (QED) is 0.708. The fraction of sp³-hybridized carbons (Fsp3) is 0.250. The van der Waals surface area contributed by atoms with E-state index in [1.54, 1.807) is 12.3 Å². The summed E-state index contributed by atoms with van der Waals surface area (Å²) in [6.07, 6.45) is 1.58. The molecule has 70 valence electrons. The number of rotatable bonds is 0. The Hall–Kier alpha value is -0.420. The van der Waals surface area contributed by atoms with Gasteiger partial charge in [-0.15, -0.1) is 0 Å². The van der Waals surface area contributed by atoms with Crippen molar-refractivity contribution in [2.45, 2.75) is 5.75 Å². The molecule has 0 spiro atoms. The number of hydrogen-bond acceptors (Lipinski definition) is 2. The Morgan fingerprint density at radius 2 is 2.31 bits per heavy atom. The van der Waals surface area contributed by atoms with Crippen LogP contribution in [-0.4, -0.2) is 10.5 Å². The normalized spacial score (nSPS) is 25.5. The van der Waals surface area contributed by atoms with Crippen LogP contribution in [0.4, 0.5) is 10.1 Å². The van der Waals surface area contributed by atoms with E-state index in [2.05, 4.69) is 20.3 Å². The highest BCUT2D eigenvalue weighted by Gasteiger charge is 2.20. The second-order valence-electron chi connectivity index (χ2n) is 3.06. The predicted molar refractivity (Wildman–Crippen MR) is 54.0 cm³/mol. The van der Waals surface area contributed by atoms with Crippen LogP contribution < -0.4 is 0 Å². The second-order valence-corrected chi connectivity index (χ2v) is 6.25. The average Bonchev–Trinajstić information content (AvgIpc) is 2.34. The van der Waals surface area contributed by atoms with Gasteiger partial charge in [0.05, 0.1) is 25.6 Å². The maximum Gasteiger partial charge on any atom is 0.139 e. The fourth-order valence-corrected chi connectivity index (χ4v) is 3.37. The zero-order chi connectivity index (χ0) is 9.64. The summed E-state index contributed by atoms with van der Waals surface area (Å²) in [5, 5.41) is 0. The lowest BCUT2D eigenvalue weighted by molar-refractivity contribution is 0.621. The van der Waals surface area contributed by atoms with E-state index in [1.165, 1.54) is 6.07 Å². The van der Waals surface area contributed by atoms with Crippen molar-refractivity contribution in [3.8, 4) is 0 Å². The SMILES string of the molecule is CS1(=O)=Nc2c(ccc(F)c2Br)C1. The molecule has 1 aromatic carbocycles. The van der Waals surface area contributed by atoms with Crippen molar-refractivity contribution in [2.24, 2.45) is 4.36 Å². The van der Waals surface area contributed by atoms with E-state index in [4.69, 9.17) is 0 Å². The van der Waals surface area contributed by atoms with Crippen molar-refractivity contribution >= 4 is 31.3 Å². The minimum Gasteiger partial charge on any atom is -0.249 e. The van der Waals surface area contributed by atoms with Crippen LogP contribution in [0.15, 0.2) is 21.0 Å². The number of nitrogens with zero attached hydrogens (tertiary/aromatic N) is 1. The maximum absolute atomic E-state index is 13.0. The molecule has 13 heavy (non-hydrogen) atoms. The molecule has 1 heterocycles. The summed E-state index contributed by atoms with van der Waals surface area (Å²) in [5.41, 5.74) is 1.35. The third-order valence-corrected chi connectivity index (χ3v) is 4.03. The molecule has 0 bridgehead atoms. The Morgan fingerprint density at radius 3 is 3.00 bits per heavy atom. The first-order chi connectivity index (χ1) is 5.99. The summed E-state index contributed by atoms with van der Waals surface area (Å²) in [5.74, 6) is 0.0564. The van der Waals surface area contributed by atoms with Crippen LogP contribution in [0.3, 0.4) is 0 Å². The molecule has 1 unspecified atom stereocenters. The van der Waals surface area contributed by atoms with Gasteiger partial charge in [-0.3, -0.25) is 0 Å². The minimum absolute atomic E-state index is 0.317. The summed E-state index contributed by atoms with van der Waals surface area (Å²) < 4.78 is 28.9. The van der Waals surface area contributed by atoms with Crippen molar-refractivity contribution in [3.05, 3.63) is 28.0 Å². The molecule has 0 radical (unpaired) electrons. The van der Waals surface area contributed by atoms with Gasteiger partial charge in [0.2, 0.25) is 0 Å². The zero-order valence-electron chi connectivity index (χ0n) is 6.88. The summed E-state index contributed by atoms with van der Waals surface area (Å²) in [6.45, 7) is 0. The Bertz CT molecular complexity index is 491. The van der Waals surface area contributed by atoms with E-state index in [0.717, 1.165) is 5.56 Å². The smallest absolute Gasteiger partial charge is 0.139 e. The highest BCUT2D eigenvalue weighted by atomic mass is 79.9. The molecule has 1 aliphatic rings. The van der Waals surface area contributed by atoms with E-state index in [1.807, 2.05) is 0 Å². The Labute approximate surface area is 84.5 Å². The molecule has 0 amide bonds. The first-order valence-corrected chi connectivity index (χ1v) is 6.55. The maximum atomic E-state index is 13.0. The molecular formula is C8H7BrFNOS. The third kappa shape index (κ3) is 1.50. The molecule has 0 aromatic heterocycles. The van der Waals surface area contributed by atoms with Gasteiger partial charge in [0.15, 0.2) is 0 Å². The summed E-state index contributed by atoms with van der Waals surface area (Å²) in [4.78, 5) is 0. The van der Waals surface area contributed by atoms with Crippen LogP contribution in [0.25, 0.3) is 0 Å². The van der Waals surface area contributed by atoms with Crippen molar-refractivity contribution in [1.29, 1.82) is 0 Å². The van der Waals surface area contributed by atoms with Crippen LogP contribution in [0.5, 0.6) is 0 Å². The molecule has 1 aromatic rings. The molecule has 0 fully saturated rings. The van der Waals surface area contributed by atoms with E-state index < -0.39 is 9.73 Å². The molecule has 0 saturated carbocycles. The molecule has 2 nitrogen and oxygen atoms in total. The van der Waals surface area contributed by atoms with Crippen molar-refractivity contribution in [2.75, 3.05) is 6.26 Å². The van der Waals surface area contributed by atoms with Gasteiger partial charge >= 0.3 is 0 Å². The van der Waals surface area contributed by atoms with Gasteiger partial charge in [-0.05, 0) is 27.6 Å². The lowest BCUT2D eigenvalue weighted by Gasteiger charge is -1.98. The number of fused-ring (bicyclic) bond motifs is 1. The molecule has 5 heteroatoms. The van der Waals surface area contributed by atoms with Crippen LogP contribution in [0.2, 0.25) is 0 Å². The molecule has 1 aliphatic heterocycles. The van der Waals surface area contributed by atoms with Crippen molar-refractivity contribution in [3.63, 3.8) is 0 Å². The zero-order valence-corrected chi connectivity index (χ0v) is 9.28. The van der Waals surface area contributed by atoms with Crippen LogP contribution in [0, 0.1) is 5.82 Å². The molecule has 2 rings (SSSR count). The van der Waals surface area contributed by atoms with Crippen molar-refractivity contribution in [1.82, 2.24) is 0 Å². The van der Waals surface area contributed by atoms with E-state index in [-0.39, 0.29) is 5.82 Å². The van der Waals surface area contributed by atoms with Crippen molar-refractivity contribution < 1.29 is 8.60 Å². The first-order valence-electron chi connectivity index (χ1n) is 3.66. The van der Waals surface area contributed by atoms with Gasteiger partial charge in [-0.2, -0.15) is 4.36 Å². The average molecular weight is 264 g/mol. The number of benzene rings is 1. The van der Waals surface area contributed by atoms with Gasteiger partial charge in [0, 0.05) is 6.26 Å². The Balaban J connectivity index is 2.73. The van der Waals surface area contributed by atoms with E-state index >= 15 is 0 Å². The molecule has 0 saturated heterocycles. The highest BCUT2D eigenvalue weighted by Crippen LogP contribution is 2.38. The number of hydrogen-bond donors (Lipinski definition) is 0. The first kappa shape index (κ1) is 9.15. The lowest BCUT2D eigenvalue weighted by atomic mass is 10.2. The Morgan fingerprint density at radius 1 is 1.62 bits per heavy atom.